The molecule has 1 saturated heterocycles. The second kappa shape index (κ2) is 5.16. The smallest absolute Gasteiger partial charge is 0.294 e. The second-order valence-electron chi connectivity index (χ2n) is 4.23. The Morgan fingerprint density at radius 2 is 2.33 bits per heavy atom. The number of hydrogen-bond acceptors (Lipinski definition) is 4. The molecule has 2 amide bonds. The highest BCUT2D eigenvalue weighted by atomic mass is 16.2. The van der Waals surface area contributed by atoms with Crippen molar-refractivity contribution in [3.8, 4) is 0 Å². The van der Waals surface area contributed by atoms with Crippen LogP contribution in [0.4, 0.5) is 0 Å². The van der Waals surface area contributed by atoms with Gasteiger partial charge in [0.05, 0.1) is 0 Å². The molecule has 1 aromatic rings. The van der Waals surface area contributed by atoms with Crippen LogP contribution in [0.5, 0.6) is 0 Å². The van der Waals surface area contributed by atoms with E-state index in [0.29, 0.717) is 25.2 Å². The van der Waals surface area contributed by atoms with Crippen molar-refractivity contribution in [2.75, 3.05) is 13.6 Å². The van der Waals surface area contributed by atoms with Gasteiger partial charge in [0.15, 0.2) is 0 Å². The SMILES string of the molecule is CCc1nc(C(=O)N2CCCC2C(=O)NC)n[nH]1. The number of nitrogens with one attached hydrogen (secondary N) is 2. The van der Waals surface area contributed by atoms with Crippen molar-refractivity contribution in [2.24, 2.45) is 0 Å². The van der Waals surface area contributed by atoms with Crippen molar-refractivity contribution in [1.29, 1.82) is 0 Å². The molecule has 1 aliphatic rings. The lowest BCUT2D eigenvalue weighted by Gasteiger charge is -2.21. The van der Waals surface area contributed by atoms with E-state index >= 15 is 0 Å². The topological polar surface area (TPSA) is 91.0 Å². The van der Waals surface area contributed by atoms with Gasteiger partial charge < -0.3 is 10.2 Å². The number of H-pyrrole nitrogens is 1. The standard InChI is InChI=1S/C11H17N5O2/c1-3-8-13-9(15-14-8)11(18)16-6-4-5-7(16)10(17)12-2/h7H,3-6H2,1-2H3,(H,12,17)(H,13,14,15). The van der Waals surface area contributed by atoms with Crippen LogP contribution in [0.2, 0.25) is 0 Å². The van der Waals surface area contributed by atoms with Crippen LogP contribution in [-0.2, 0) is 11.2 Å². The van der Waals surface area contributed by atoms with Gasteiger partial charge in [0.1, 0.15) is 11.9 Å². The molecule has 1 atom stereocenters. The Kier molecular flexibility index (Phi) is 3.59. The minimum Gasteiger partial charge on any atom is -0.357 e. The zero-order chi connectivity index (χ0) is 13.1. The molecule has 18 heavy (non-hydrogen) atoms. The van der Waals surface area contributed by atoms with E-state index in [0.717, 1.165) is 6.42 Å². The number of rotatable bonds is 3. The summed E-state index contributed by atoms with van der Waals surface area (Å²) in [5, 5.41) is 9.18. The highest BCUT2D eigenvalue weighted by Gasteiger charge is 2.35. The van der Waals surface area contributed by atoms with Crippen LogP contribution < -0.4 is 5.32 Å². The maximum Gasteiger partial charge on any atom is 0.294 e. The highest BCUT2D eigenvalue weighted by molar-refractivity contribution is 5.95. The first kappa shape index (κ1) is 12.5. The Bertz CT molecular complexity index is 456. The molecule has 1 aliphatic heterocycles. The van der Waals surface area contributed by atoms with E-state index in [1.165, 1.54) is 0 Å². The van der Waals surface area contributed by atoms with Crippen LogP contribution in [0.15, 0.2) is 0 Å². The molecule has 98 valence electrons. The van der Waals surface area contributed by atoms with Crippen LogP contribution in [0.25, 0.3) is 0 Å². The average molecular weight is 251 g/mol. The fourth-order valence-corrected chi connectivity index (χ4v) is 2.13. The van der Waals surface area contributed by atoms with Gasteiger partial charge in [-0.1, -0.05) is 6.92 Å². The molecule has 1 unspecified atom stereocenters. The summed E-state index contributed by atoms with van der Waals surface area (Å²) in [5.74, 6) is 0.404. The molecule has 0 spiro atoms. The molecule has 2 N–H and O–H groups in total. The Balaban J connectivity index is 2.15. The molecule has 0 aliphatic carbocycles. The van der Waals surface area contributed by atoms with Crippen molar-refractivity contribution >= 4 is 11.8 Å². The van der Waals surface area contributed by atoms with Gasteiger partial charge in [-0.25, -0.2) is 4.98 Å². The Morgan fingerprint density at radius 1 is 1.56 bits per heavy atom. The minimum atomic E-state index is -0.397. The summed E-state index contributed by atoms with van der Waals surface area (Å²) >= 11 is 0. The number of carbonyl (C=O) groups excluding carboxylic acids is 2. The van der Waals surface area contributed by atoms with Gasteiger partial charge in [-0.3, -0.25) is 14.7 Å². The summed E-state index contributed by atoms with van der Waals surface area (Å²) in [4.78, 5) is 29.5. The molecule has 7 heteroatoms. The van der Waals surface area contributed by atoms with Crippen molar-refractivity contribution in [2.45, 2.75) is 32.2 Å². The Hall–Kier alpha value is -1.92. The quantitative estimate of drug-likeness (QED) is 0.772. The number of hydrogen-bond donors (Lipinski definition) is 2. The van der Waals surface area contributed by atoms with Crippen molar-refractivity contribution < 1.29 is 9.59 Å². The molecule has 0 saturated carbocycles. The first-order valence-corrected chi connectivity index (χ1v) is 6.11. The van der Waals surface area contributed by atoms with Crippen LogP contribution in [0, 0.1) is 0 Å². The summed E-state index contributed by atoms with van der Waals surface area (Å²) in [6.45, 7) is 2.50. The molecule has 0 radical (unpaired) electrons. The van der Waals surface area contributed by atoms with E-state index in [-0.39, 0.29) is 17.6 Å². The third-order valence-corrected chi connectivity index (χ3v) is 3.12. The number of nitrogens with zero attached hydrogens (tertiary/aromatic N) is 3. The van der Waals surface area contributed by atoms with Gasteiger partial charge in [-0.15, -0.1) is 5.10 Å². The number of amides is 2. The monoisotopic (exact) mass is 251 g/mol. The van der Waals surface area contributed by atoms with Crippen molar-refractivity contribution in [3.63, 3.8) is 0 Å². The van der Waals surface area contributed by atoms with E-state index < -0.39 is 6.04 Å². The lowest BCUT2D eigenvalue weighted by Crippen LogP contribution is -2.45. The number of aromatic nitrogens is 3. The lowest BCUT2D eigenvalue weighted by atomic mass is 10.2. The molecule has 2 rings (SSSR count). The van der Waals surface area contributed by atoms with Gasteiger partial charge in [0.25, 0.3) is 5.91 Å². The van der Waals surface area contributed by atoms with Crippen molar-refractivity contribution in [1.82, 2.24) is 25.4 Å². The fourth-order valence-electron chi connectivity index (χ4n) is 2.13. The maximum atomic E-state index is 12.2. The average Bonchev–Trinajstić information content (AvgIpc) is 3.05. The molecular weight excluding hydrogens is 234 g/mol. The largest absolute Gasteiger partial charge is 0.357 e. The first-order chi connectivity index (χ1) is 8.67. The minimum absolute atomic E-state index is 0.132. The number of likely N-dealkylation sites (N-methyl/N-ethyl adjacent to an activating group) is 1. The van der Waals surface area contributed by atoms with Gasteiger partial charge in [0.2, 0.25) is 11.7 Å². The molecule has 0 bridgehead atoms. The van der Waals surface area contributed by atoms with E-state index in [2.05, 4.69) is 20.5 Å². The number of carbonyl (C=O) groups is 2. The fraction of sp³-hybridized carbons (Fsp3) is 0.636. The molecule has 1 aromatic heterocycles. The zero-order valence-corrected chi connectivity index (χ0v) is 10.6. The van der Waals surface area contributed by atoms with E-state index in [1.54, 1.807) is 11.9 Å². The number of aryl methyl sites for hydroxylation is 1. The van der Waals surface area contributed by atoms with E-state index in [4.69, 9.17) is 0 Å². The predicted octanol–water partition coefficient (Wildman–Crippen LogP) is -0.282. The summed E-state index contributed by atoms with van der Waals surface area (Å²) < 4.78 is 0. The third kappa shape index (κ3) is 2.20. The summed E-state index contributed by atoms with van der Waals surface area (Å²) in [5.41, 5.74) is 0. The zero-order valence-electron chi connectivity index (χ0n) is 10.6. The van der Waals surface area contributed by atoms with Crippen LogP contribution >= 0.6 is 0 Å². The first-order valence-electron chi connectivity index (χ1n) is 6.11. The van der Waals surface area contributed by atoms with Gasteiger partial charge >= 0.3 is 0 Å². The summed E-state index contributed by atoms with van der Waals surface area (Å²) in [6.07, 6.45) is 2.21. The number of likely N-dealkylation sites (tertiary alicyclic amines) is 1. The highest BCUT2D eigenvalue weighted by Crippen LogP contribution is 2.19. The second-order valence-corrected chi connectivity index (χ2v) is 4.23. The summed E-state index contributed by atoms with van der Waals surface area (Å²) in [7, 11) is 1.57. The van der Waals surface area contributed by atoms with Crippen LogP contribution in [-0.4, -0.2) is 51.5 Å². The normalized spacial score (nSPS) is 19.0. The van der Waals surface area contributed by atoms with Crippen LogP contribution in [0.3, 0.4) is 0 Å². The Labute approximate surface area is 105 Å². The maximum absolute atomic E-state index is 12.2. The van der Waals surface area contributed by atoms with Crippen LogP contribution in [0.1, 0.15) is 36.2 Å². The molecular formula is C11H17N5O2. The van der Waals surface area contributed by atoms with Gasteiger partial charge in [-0.2, -0.15) is 0 Å². The van der Waals surface area contributed by atoms with Crippen molar-refractivity contribution in [3.05, 3.63) is 11.6 Å². The Morgan fingerprint density at radius 3 is 2.94 bits per heavy atom. The van der Waals surface area contributed by atoms with Gasteiger partial charge in [-0.05, 0) is 12.8 Å². The third-order valence-electron chi connectivity index (χ3n) is 3.12. The van der Waals surface area contributed by atoms with E-state index in [1.807, 2.05) is 6.92 Å². The predicted molar refractivity (Wildman–Crippen MR) is 63.9 cm³/mol. The molecule has 2 heterocycles. The molecule has 1 fully saturated rings. The van der Waals surface area contributed by atoms with Gasteiger partial charge in [0, 0.05) is 20.0 Å². The summed E-state index contributed by atoms with van der Waals surface area (Å²) in [6, 6.07) is -0.397. The molecule has 0 aromatic carbocycles. The molecule has 7 nitrogen and oxygen atoms in total. The van der Waals surface area contributed by atoms with E-state index in [9.17, 15) is 9.59 Å². The lowest BCUT2D eigenvalue weighted by molar-refractivity contribution is -0.124. The number of aromatic amines is 1.